The van der Waals surface area contributed by atoms with Crippen molar-refractivity contribution < 1.29 is 4.74 Å². The van der Waals surface area contributed by atoms with Crippen molar-refractivity contribution in [3.05, 3.63) is 42.2 Å². The Kier molecular flexibility index (Phi) is 5.18. The molecule has 108 valence electrons. The zero-order valence-corrected chi connectivity index (χ0v) is 12.5. The molecule has 0 aliphatic rings. The molecule has 0 bridgehead atoms. The van der Waals surface area contributed by atoms with Crippen molar-refractivity contribution in [2.75, 3.05) is 19.0 Å². The molecule has 20 heavy (non-hydrogen) atoms. The molecule has 0 spiro atoms. The number of rotatable bonds is 7. The molecule has 1 heterocycles. The largest absolute Gasteiger partial charge is 0.383 e. The molecule has 4 heteroatoms. The van der Waals surface area contributed by atoms with Gasteiger partial charge in [0.1, 0.15) is 0 Å². The van der Waals surface area contributed by atoms with E-state index >= 15 is 0 Å². The molecule has 2 rings (SSSR count). The van der Waals surface area contributed by atoms with E-state index in [4.69, 9.17) is 4.74 Å². The molecule has 0 aliphatic heterocycles. The molecule has 0 fully saturated rings. The van der Waals surface area contributed by atoms with Crippen LogP contribution in [-0.4, -0.2) is 29.3 Å². The third-order valence-electron chi connectivity index (χ3n) is 3.20. The molecule has 0 amide bonds. The van der Waals surface area contributed by atoms with E-state index in [0.717, 1.165) is 30.2 Å². The van der Waals surface area contributed by atoms with Crippen molar-refractivity contribution >= 4 is 5.95 Å². The Morgan fingerprint density at radius 2 is 2.05 bits per heavy atom. The van der Waals surface area contributed by atoms with E-state index in [1.54, 1.807) is 7.11 Å². The number of aromatic nitrogens is 2. The Morgan fingerprint density at radius 3 is 2.70 bits per heavy atom. The minimum atomic E-state index is 0.286. The quantitative estimate of drug-likeness (QED) is 0.840. The molecule has 4 nitrogen and oxygen atoms in total. The number of nitrogens with one attached hydrogen (secondary N) is 1. The fourth-order valence-corrected chi connectivity index (χ4v) is 2.31. The number of ether oxygens (including phenoxy) is 1. The highest BCUT2D eigenvalue weighted by Crippen LogP contribution is 2.18. The fourth-order valence-electron chi connectivity index (χ4n) is 2.31. The minimum absolute atomic E-state index is 0.286. The van der Waals surface area contributed by atoms with Crippen molar-refractivity contribution in [2.24, 2.45) is 0 Å². The summed E-state index contributed by atoms with van der Waals surface area (Å²) in [5.74, 6) is 0.879. The Bertz CT molecular complexity index is 516. The van der Waals surface area contributed by atoms with Crippen LogP contribution in [0.5, 0.6) is 0 Å². The number of anilines is 1. The van der Waals surface area contributed by atoms with E-state index in [1.165, 1.54) is 0 Å². The number of nitrogens with zero attached hydrogens (tertiary/aromatic N) is 2. The standard InChI is InChI=1S/C16H23N3O/c1-4-8-14(12-20-3)18-16-17-13(2)11-19(16)15-9-6-5-7-10-15/h5-7,9-11,14H,4,8,12H2,1-3H3,(H,17,18). The number of imidazole rings is 1. The van der Waals surface area contributed by atoms with E-state index in [1.807, 2.05) is 31.3 Å². The highest BCUT2D eigenvalue weighted by atomic mass is 16.5. The van der Waals surface area contributed by atoms with E-state index in [-0.39, 0.29) is 6.04 Å². The lowest BCUT2D eigenvalue weighted by molar-refractivity contribution is 0.182. The number of benzene rings is 1. The zero-order chi connectivity index (χ0) is 14.4. The zero-order valence-electron chi connectivity index (χ0n) is 12.5. The summed E-state index contributed by atoms with van der Waals surface area (Å²) in [5.41, 5.74) is 2.12. The second-order valence-corrected chi connectivity index (χ2v) is 5.00. The first-order valence-corrected chi connectivity index (χ1v) is 7.11. The van der Waals surface area contributed by atoms with Crippen LogP contribution >= 0.6 is 0 Å². The van der Waals surface area contributed by atoms with Crippen LogP contribution in [0.25, 0.3) is 5.69 Å². The first-order chi connectivity index (χ1) is 9.74. The van der Waals surface area contributed by atoms with Crippen LogP contribution in [-0.2, 0) is 4.74 Å². The fraction of sp³-hybridized carbons (Fsp3) is 0.438. The van der Waals surface area contributed by atoms with Crippen LogP contribution in [0.15, 0.2) is 36.5 Å². The van der Waals surface area contributed by atoms with Crippen molar-refractivity contribution in [2.45, 2.75) is 32.7 Å². The van der Waals surface area contributed by atoms with Gasteiger partial charge in [-0.25, -0.2) is 4.98 Å². The predicted octanol–water partition coefficient (Wildman–Crippen LogP) is 3.41. The first kappa shape index (κ1) is 14.6. The van der Waals surface area contributed by atoms with Gasteiger partial charge in [0, 0.05) is 19.0 Å². The Morgan fingerprint density at radius 1 is 1.30 bits per heavy atom. The second-order valence-electron chi connectivity index (χ2n) is 5.00. The topological polar surface area (TPSA) is 39.1 Å². The number of hydrogen-bond acceptors (Lipinski definition) is 3. The summed E-state index contributed by atoms with van der Waals surface area (Å²) in [5, 5.41) is 3.50. The van der Waals surface area contributed by atoms with Crippen molar-refractivity contribution in [3.63, 3.8) is 0 Å². The Balaban J connectivity index is 2.23. The normalized spacial score (nSPS) is 12.3. The summed E-state index contributed by atoms with van der Waals surface area (Å²) in [7, 11) is 1.74. The van der Waals surface area contributed by atoms with Crippen molar-refractivity contribution in [3.8, 4) is 5.69 Å². The van der Waals surface area contributed by atoms with E-state index in [0.29, 0.717) is 6.61 Å². The molecule has 0 radical (unpaired) electrons. The molecule has 0 saturated heterocycles. The van der Waals surface area contributed by atoms with Crippen molar-refractivity contribution in [1.29, 1.82) is 0 Å². The van der Waals surface area contributed by atoms with Crippen LogP contribution in [0.2, 0.25) is 0 Å². The summed E-state index contributed by atoms with van der Waals surface area (Å²) in [4.78, 5) is 4.59. The van der Waals surface area contributed by atoms with Crippen LogP contribution in [0, 0.1) is 6.92 Å². The predicted molar refractivity (Wildman–Crippen MR) is 82.5 cm³/mol. The van der Waals surface area contributed by atoms with Crippen LogP contribution < -0.4 is 5.32 Å². The summed E-state index contributed by atoms with van der Waals surface area (Å²) in [6, 6.07) is 10.5. The SMILES string of the molecule is CCCC(COC)Nc1nc(C)cn1-c1ccccc1. The number of para-hydroxylation sites is 1. The summed E-state index contributed by atoms with van der Waals surface area (Å²) < 4.78 is 7.37. The average Bonchev–Trinajstić information content (AvgIpc) is 2.81. The van der Waals surface area contributed by atoms with Gasteiger partial charge in [0.15, 0.2) is 0 Å². The van der Waals surface area contributed by atoms with Crippen LogP contribution in [0.1, 0.15) is 25.5 Å². The number of hydrogen-bond donors (Lipinski definition) is 1. The lowest BCUT2D eigenvalue weighted by atomic mass is 10.2. The molecular formula is C16H23N3O. The van der Waals surface area contributed by atoms with E-state index < -0.39 is 0 Å². The maximum absolute atomic E-state index is 5.28. The molecule has 1 N–H and O–H groups in total. The van der Waals surface area contributed by atoms with Gasteiger partial charge in [-0.3, -0.25) is 4.57 Å². The van der Waals surface area contributed by atoms with Crippen LogP contribution in [0.3, 0.4) is 0 Å². The highest BCUT2D eigenvalue weighted by molar-refractivity contribution is 5.43. The van der Waals surface area contributed by atoms with Crippen LogP contribution in [0.4, 0.5) is 5.95 Å². The summed E-state index contributed by atoms with van der Waals surface area (Å²) >= 11 is 0. The van der Waals surface area contributed by atoms with Gasteiger partial charge in [-0.15, -0.1) is 0 Å². The van der Waals surface area contributed by atoms with Gasteiger partial charge >= 0.3 is 0 Å². The van der Waals surface area contributed by atoms with E-state index in [9.17, 15) is 0 Å². The third-order valence-corrected chi connectivity index (χ3v) is 3.20. The lowest BCUT2D eigenvalue weighted by Gasteiger charge is -2.18. The maximum Gasteiger partial charge on any atom is 0.208 e. The van der Waals surface area contributed by atoms with Gasteiger partial charge in [0.05, 0.1) is 18.3 Å². The highest BCUT2D eigenvalue weighted by Gasteiger charge is 2.13. The number of methoxy groups -OCH3 is 1. The molecule has 1 atom stereocenters. The summed E-state index contributed by atoms with van der Waals surface area (Å²) in [6.07, 6.45) is 4.23. The molecular weight excluding hydrogens is 250 g/mol. The third kappa shape index (κ3) is 3.61. The molecule has 0 saturated carbocycles. The van der Waals surface area contributed by atoms with Gasteiger partial charge in [-0.1, -0.05) is 31.5 Å². The molecule has 2 aromatic rings. The number of aryl methyl sites for hydroxylation is 1. The van der Waals surface area contributed by atoms with Crippen molar-refractivity contribution in [1.82, 2.24) is 9.55 Å². The molecule has 1 unspecified atom stereocenters. The first-order valence-electron chi connectivity index (χ1n) is 7.11. The van der Waals surface area contributed by atoms with Gasteiger partial charge in [-0.2, -0.15) is 0 Å². The summed E-state index contributed by atoms with van der Waals surface area (Å²) in [6.45, 7) is 4.88. The van der Waals surface area contributed by atoms with Gasteiger partial charge in [0.2, 0.25) is 5.95 Å². The average molecular weight is 273 g/mol. The maximum atomic E-state index is 5.28. The minimum Gasteiger partial charge on any atom is -0.383 e. The lowest BCUT2D eigenvalue weighted by Crippen LogP contribution is -2.26. The van der Waals surface area contributed by atoms with Gasteiger partial charge in [0.25, 0.3) is 0 Å². The molecule has 1 aromatic carbocycles. The smallest absolute Gasteiger partial charge is 0.208 e. The van der Waals surface area contributed by atoms with E-state index in [2.05, 4.69) is 33.9 Å². The molecule has 0 aliphatic carbocycles. The Hall–Kier alpha value is -1.81. The van der Waals surface area contributed by atoms with Gasteiger partial charge < -0.3 is 10.1 Å². The Labute approximate surface area is 120 Å². The van der Waals surface area contributed by atoms with Gasteiger partial charge in [-0.05, 0) is 25.5 Å². The monoisotopic (exact) mass is 273 g/mol. The second kappa shape index (κ2) is 7.10. The molecule has 1 aromatic heterocycles.